The molecule has 2 unspecified atom stereocenters. The average molecular weight is 237 g/mol. The zero-order valence-corrected chi connectivity index (χ0v) is 10.7. The summed E-state index contributed by atoms with van der Waals surface area (Å²) >= 11 is 0. The first kappa shape index (κ1) is 12.7. The minimum absolute atomic E-state index is 0.585. The van der Waals surface area contributed by atoms with E-state index < -0.39 is 0 Å². The smallest absolute Gasteiger partial charge is 0.129 e. The molecular weight excluding hydrogens is 214 g/mol. The molecule has 0 aromatic carbocycles. The Bertz CT molecular complexity index is 335. The minimum Gasteiger partial charge on any atom is -0.464 e. The molecule has 1 aliphatic rings. The number of furan rings is 1. The molecule has 0 amide bonds. The molecule has 0 aliphatic heterocycles. The van der Waals surface area contributed by atoms with Crippen LogP contribution in [-0.4, -0.2) is 13.2 Å². The first-order chi connectivity index (χ1) is 8.29. The molecule has 3 nitrogen and oxygen atoms in total. The van der Waals surface area contributed by atoms with Gasteiger partial charge in [-0.2, -0.15) is 0 Å². The lowest BCUT2D eigenvalue weighted by Crippen LogP contribution is -2.29. The molecule has 0 spiro atoms. The van der Waals surface area contributed by atoms with E-state index in [-0.39, 0.29) is 0 Å². The lowest BCUT2D eigenvalue weighted by atomic mass is 9.80. The number of nitrogens with two attached hydrogens (primary N) is 1. The molecule has 1 aromatic rings. The second kappa shape index (κ2) is 6.22. The van der Waals surface area contributed by atoms with Crippen LogP contribution in [0, 0.1) is 18.8 Å². The summed E-state index contributed by atoms with van der Waals surface area (Å²) in [6.45, 7) is 4.16. The Hall–Kier alpha value is -0.800. The van der Waals surface area contributed by atoms with E-state index in [0.29, 0.717) is 18.4 Å². The monoisotopic (exact) mass is 237 g/mol. The van der Waals surface area contributed by atoms with Gasteiger partial charge >= 0.3 is 0 Å². The first-order valence-electron chi connectivity index (χ1n) is 6.62. The van der Waals surface area contributed by atoms with Crippen molar-refractivity contribution in [1.29, 1.82) is 0 Å². The summed E-state index contributed by atoms with van der Waals surface area (Å²) in [4.78, 5) is 0. The van der Waals surface area contributed by atoms with Crippen molar-refractivity contribution in [2.75, 3.05) is 13.2 Å². The van der Waals surface area contributed by atoms with Gasteiger partial charge in [0.15, 0.2) is 0 Å². The summed E-state index contributed by atoms with van der Waals surface area (Å²) in [6.07, 6.45) is 5.18. The molecular formula is C14H23NO2. The molecule has 0 saturated heterocycles. The number of hydrogen-bond donors (Lipinski definition) is 1. The van der Waals surface area contributed by atoms with Crippen molar-refractivity contribution in [3.05, 3.63) is 23.7 Å². The van der Waals surface area contributed by atoms with Gasteiger partial charge in [0.2, 0.25) is 0 Å². The van der Waals surface area contributed by atoms with Crippen molar-refractivity contribution in [3.8, 4) is 0 Å². The standard InChI is InChI=1S/C14H23NO2/c1-11-6-7-14(17-11)10-16-9-13-5-3-2-4-12(13)8-15/h6-7,12-13H,2-5,8-10,15H2,1H3. The minimum atomic E-state index is 0.585. The van der Waals surface area contributed by atoms with Gasteiger partial charge in [-0.1, -0.05) is 12.8 Å². The third kappa shape index (κ3) is 3.58. The first-order valence-corrected chi connectivity index (χ1v) is 6.62. The molecule has 1 heterocycles. The molecule has 2 atom stereocenters. The van der Waals surface area contributed by atoms with Crippen molar-refractivity contribution < 1.29 is 9.15 Å². The van der Waals surface area contributed by atoms with Crippen LogP contribution < -0.4 is 5.73 Å². The maximum Gasteiger partial charge on any atom is 0.129 e. The van der Waals surface area contributed by atoms with Crippen molar-refractivity contribution in [3.63, 3.8) is 0 Å². The Morgan fingerprint density at radius 1 is 1.29 bits per heavy atom. The van der Waals surface area contributed by atoms with E-state index in [1.807, 2.05) is 19.1 Å². The molecule has 1 fully saturated rings. The normalized spacial score (nSPS) is 25.1. The molecule has 1 aliphatic carbocycles. The Kier molecular flexibility index (Phi) is 4.63. The topological polar surface area (TPSA) is 48.4 Å². The quantitative estimate of drug-likeness (QED) is 0.856. The summed E-state index contributed by atoms with van der Waals surface area (Å²) in [5.74, 6) is 3.16. The zero-order valence-electron chi connectivity index (χ0n) is 10.7. The number of hydrogen-bond acceptors (Lipinski definition) is 3. The van der Waals surface area contributed by atoms with Gasteiger partial charge in [0.05, 0.1) is 6.61 Å². The summed E-state index contributed by atoms with van der Waals surface area (Å²) in [5.41, 5.74) is 5.81. The van der Waals surface area contributed by atoms with E-state index in [4.69, 9.17) is 14.9 Å². The lowest BCUT2D eigenvalue weighted by molar-refractivity contribution is 0.0428. The molecule has 96 valence electrons. The fourth-order valence-electron chi connectivity index (χ4n) is 2.69. The lowest BCUT2D eigenvalue weighted by Gasteiger charge is -2.30. The van der Waals surface area contributed by atoms with Gasteiger partial charge in [-0.3, -0.25) is 0 Å². The maximum absolute atomic E-state index is 5.81. The van der Waals surface area contributed by atoms with Crippen LogP contribution >= 0.6 is 0 Å². The van der Waals surface area contributed by atoms with Crippen LogP contribution in [0.25, 0.3) is 0 Å². The van der Waals surface area contributed by atoms with Crippen LogP contribution in [-0.2, 0) is 11.3 Å². The second-order valence-corrected chi connectivity index (χ2v) is 5.07. The largest absolute Gasteiger partial charge is 0.464 e. The van der Waals surface area contributed by atoms with Crippen LogP contribution in [0.15, 0.2) is 16.5 Å². The van der Waals surface area contributed by atoms with Gasteiger partial charge in [-0.15, -0.1) is 0 Å². The molecule has 0 bridgehead atoms. The van der Waals surface area contributed by atoms with Crippen molar-refractivity contribution in [2.45, 2.75) is 39.2 Å². The molecule has 1 aromatic heterocycles. The van der Waals surface area contributed by atoms with Crippen LogP contribution in [0.4, 0.5) is 0 Å². The van der Waals surface area contributed by atoms with Gasteiger partial charge in [0, 0.05) is 0 Å². The fraction of sp³-hybridized carbons (Fsp3) is 0.714. The van der Waals surface area contributed by atoms with Gasteiger partial charge in [-0.25, -0.2) is 0 Å². The summed E-state index contributed by atoms with van der Waals surface area (Å²) < 4.78 is 11.2. The van der Waals surface area contributed by atoms with Gasteiger partial charge < -0.3 is 14.9 Å². The molecule has 2 rings (SSSR count). The van der Waals surface area contributed by atoms with Crippen molar-refractivity contribution >= 4 is 0 Å². The molecule has 0 radical (unpaired) electrons. The highest BCUT2D eigenvalue weighted by Gasteiger charge is 2.23. The van der Waals surface area contributed by atoms with Crippen LogP contribution in [0.2, 0.25) is 0 Å². The number of aryl methyl sites for hydroxylation is 1. The number of rotatable bonds is 5. The van der Waals surface area contributed by atoms with Gasteiger partial charge in [-0.05, 0) is 50.3 Å². The van der Waals surface area contributed by atoms with Crippen LogP contribution in [0.3, 0.4) is 0 Å². The highest BCUT2D eigenvalue weighted by molar-refractivity contribution is 5.04. The SMILES string of the molecule is Cc1ccc(COCC2CCCCC2CN)o1. The zero-order chi connectivity index (χ0) is 12.1. The van der Waals surface area contributed by atoms with Crippen LogP contribution in [0.1, 0.15) is 37.2 Å². The van der Waals surface area contributed by atoms with Crippen molar-refractivity contribution in [2.24, 2.45) is 17.6 Å². The Morgan fingerprint density at radius 2 is 2.06 bits per heavy atom. The van der Waals surface area contributed by atoms with Crippen LogP contribution in [0.5, 0.6) is 0 Å². The Morgan fingerprint density at radius 3 is 2.71 bits per heavy atom. The summed E-state index contributed by atoms with van der Waals surface area (Å²) in [5, 5.41) is 0. The fourth-order valence-corrected chi connectivity index (χ4v) is 2.69. The van der Waals surface area contributed by atoms with E-state index >= 15 is 0 Å². The maximum atomic E-state index is 5.81. The summed E-state index contributed by atoms with van der Waals surface area (Å²) in [7, 11) is 0. The Balaban J connectivity index is 1.73. The Labute approximate surface area is 103 Å². The van der Waals surface area contributed by atoms with Gasteiger partial charge in [0.1, 0.15) is 18.1 Å². The molecule has 2 N–H and O–H groups in total. The predicted octanol–water partition coefficient (Wildman–Crippen LogP) is 2.87. The summed E-state index contributed by atoms with van der Waals surface area (Å²) in [6, 6.07) is 3.96. The second-order valence-electron chi connectivity index (χ2n) is 5.07. The molecule has 3 heteroatoms. The van der Waals surface area contributed by atoms with E-state index in [9.17, 15) is 0 Å². The van der Waals surface area contributed by atoms with E-state index in [0.717, 1.165) is 24.7 Å². The van der Waals surface area contributed by atoms with Crippen molar-refractivity contribution in [1.82, 2.24) is 0 Å². The van der Waals surface area contributed by atoms with E-state index in [1.165, 1.54) is 25.7 Å². The van der Waals surface area contributed by atoms with E-state index in [2.05, 4.69) is 0 Å². The average Bonchev–Trinajstić information content (AvgIpc) is 2.76. The highest BCUT2D eigenvalue weighted by atomic mass is 16.5. The third-order valence-corrected chi connectivity index (χ3v) is 3.74. The highest BCUT2D eigenvalue weighted by Crippen LogP contribution is 2.29. The van der Waals surface area contributed by atoms with Gasteiger partial charge in [0.25, 0.3) is 0 Å². The molecule has 1 saturated carbocycles. The number of ether oxygens (including phenoxy) is 1. The van der Waals surface area contributed by atoms with E-state index in [1.54, 1.807) is 0 Å². The third-order valence-electron chi connectivity index (χ3n) is 3.74. The predicted molar refractivity (Wildman–Crippen MR) is 67.6 cm³/mol. The molecule has 17 heavy (non-hydrogen) atoms.